The van der Waals surface area contributed by atoms with Crippen LogP contribution in [-0.2, 0) is 9.47 Å². The molecule has 0 radical (unpaired) electrons. The highest BCUT2D eigenvalue weighted by atomic mass is 32.2. The van der Waals surface area contributed by atoms with Crippen LogP contribution in [0.15, 0.2) is 0 Å². The van der Waals surface area contributed by atoms with E-state index < -0.39 is 0 Å². The molecule has 1 heterocycles. The van der Waals surface area contributed by atoms with Crippen molar-refractivity contribution >= 4 is 11.8 Å². The minimum absolute atomic E-state index is 0.202. The van der Waals surface area contributed by atoms with Crippen LogP contribution in [0.3, 0.4) is 0 Å². The molecular formula is C14H25NO2S. The summed E-state index contributed by atoms with van der Waals surface area (Å²) >= 11 is 2.04. The number of ether oxygens (including phenoxy) is 2. The molecule has 4 heteroatoms. The lowest BCUT2D eigenvalue weighted by molar-refractivity contribution is -0.179. The maximum absolute atomic E-state index is 5.79. The van der Waals surface area contributed by atoms with Crippen LogP contribution < -0.4 is 5.32 Å². The first-order valence-electron chi connectivity index (χ1n) is 7.38. The van der Waals surface area contributed by atoms with Gasteiger partial charge in [-0.05, 0) is 31.9 Å². The molecule has 2 aliphatic carbocycles. The first-order valence-corrected chi connectivity index (χ1v) is 8.67. The number of hydrogen-bond donors (Lipinski definition) is 1. The van der Waals surface area contributed by atoms with Crippen molar-refractivity contribution in [2.75, 3.05) is 19.5 Å². The largest absolute Gasteiger partial charge is 0.348 e. The van der Waals surface area contributed by atoms with Crippen molar-refractivity contribution in [1.82, 2.24) is 5.32 Å². The molecule has 1 N–H and O–H groups in total. The Hall–Kier alpha value is 0.230. The SMILES string of the molecule is CSC1CCCC1NC1CCC2(CC1)OCCO2. The van der Waals surface area contributed by atoms with Crippen molar-refractivity contribution in [3.63, 3.8) is 0 Å². The van der Waals surface area contributed by atoms with Gasteiger partial charge in [0, 0.05) is 30.2 Å². The zero-order valence-electron chi connectivity index (χ0n) is 11.3. The van der Waals surface area contributed by atoms with Gasteiger partial charge in [-0.2, -0.15) is 11.8 Å². The maximum Gasteiger partial charge on any atom is 0.168 e. The Labute approximate surface area is 114 Å². The van der Waals surface area contributed by atoms with Crippen molar-refractivity contribution < 1.29 is 9.47 Å². The van der Waals surface area contributed by atoms with Gasteiger partial charge in [-0.25, -0.2) is 0 Å². The van der Waals surface area contributed by atoms with Crippen LogP contribution in [0, 0.1) is 0 Å². The van der Waals surface area contributed by atoms with Crippen molar-refractivity contribution in [2.24, 2.45) is 0 Å². The lowest BCUT2D eigenvalue weighted by Gasteiger charge is -2.37. The fourth-order valence-corrected chi connectivity index (χ4v) is 4.66. The monoisotopic (exact) mass is 271 g/mol. The van der Waals surface area contributed by atoms with Crippen LogP contribution in [0.5, 0.6) is 0 Å². The highest BCUT2D eigenvalue weighted by molar-refractivity contribution is 7.99. The van der Waals surface area contributed by atoms with Crippen LogP contribution in [0.2, 0.25) is 0 Å². The molecular weight excluding hydrogens is 246 g/mol. The van der Waals surface area contributed by atoms with Gasteiger partial charge in [0.25, 0.3) is 0 Å². The lowest BCUT2D eigenvalue weighted by Crippen LogP contribution is -2.47. The molecule has 0 amide bonds. The van der Waals surface area contributed by atoms with E-state index in [1.54, 1.807) is 0 Å². The molecule has 2 saturated carbocycles. The summed E-state index contributed by atoms with van der Waals surface area (Å²) in [6, 6.07) is 1.42. The van der Waals surface area contributed by atoms with Crippen LogP contribution in [-0.4, -0.2) is 42.6 Å². The minimum Gasteiger partial charge on any atom is -0.348 e. The quantitative estimate of drug-likeness (QED) is 0.854. The summed E-state index contributed by atoms with van der Waals surface area (Å²) in [5, 5.41) is 4.73. The average molecular weight is 271 g/mol. The molecule has 1 spiro atoms. The molecule has 1 aliphatic heterocycles. The molecule has 3 nitrogen and oxygen atoms in total. The molecule has 0 bridgehead atoms. The van der Waals surface area contributed by atoms with Crippen LogP contribution >= 0.6 is 11.8 Å². The Bertz CT molecular complexity index is 271. The van der Waals surface area contributed by atoms with Gasteiger partial charge < -0.3 is 14.8 Å². The van der Waals surface area contributed by atoms with Gasteiger partial charge in [0.1, 0.15) is 0 Å². The third-order valence-corrected chi connectivity index (χ3v) is 5.94. The van der Waals surface area contributed by atoms with E-state index in [1.807, 2.05) is 11.8 Å². The van der Waals surface area contributed by atoms with Crippen molar-refractivity contribution in [1.29, 1.82) is 0 Å². The van der Waals surface area contributed by atoms with Crippen molar-refractivity contribution in [3.05, 3.63) is 0 Å². The molecule has 2 unspecified atom stereocenters. The van der Waals surface area contributed by atoms with Crippen molar-refractivity contribution in [3.8, 4) is 0 Å². The van der Waals surface area contributed by atoms with E-state index in [4.69, 9.17) is 9.47 Å². The summed E-state index contributed by atoms with van der Waals surface area (Å²) in [5.74, 6) is -0.202. The highest BCUT2D eigenvalue weighted by Gasteiger charge is 2.41. The van der Waals surface area contributed by atoms with Gasteiger partial charge >= 0.3 is 0 Å². The van der Waals surface area contributed by atoms with E-state index in [1.165, 1.54) is 32.1 Å². The fourth-order valence-electron chi connectivity index (χ4n) is 3.71. The molecule has 0 aromatic rings. The second-order valence-corrected chi connectivity index (χ2v) is 6.94. The molecule has 104 valence electrons. The number of hydrogen-bond acceptors (Lipinski definition) is 4. The zero-order chi connectivity index (χ0) is 12.4. The van der Waals surface area contributed by atoms with Crippen LogP contribution in [0.4, 0.5) is 0 Å². The van der Waals surface area contributed by atoms with E-state index in [2.05, 4.69) is 11.6 Å². The number of rotatable bonds is 3. The van der Waals surface area contributed by atoms with E-state index in [9.17, 15) is 0 Å². The molecule has 1 saturated heterocycles. The molecule has 3 aliphatic rings. The second-order valence-electron chi connectivity index (χ2n) is 5.86. The Kier molecular flexibility index (Phi) is 4.18. The Morgan fingerprint density at radius 2 is 1.78 bits per heavy atom. The predicted molar refractivity (Wildman–Crippen MR) is 75.0 cm³/mol. The van der Waals surface area contributed by atoms with Gasteiger partial charge in [-0.15, -0.1) is 0 Å². The zero-order valence-corrected chi connectivity index (χ0v) is 12.1. The summed E-state index contributed by atoms with van der Waals surface area (Å²) < 4.78 is 11.6. The van der Waals surface area contributed by atoms with E-state index >= 15 is 0 Å². The van der Waals surface area contributed by atoms with Gasteiger partial charge in [-0.3, -0.25) is 0 Å². The lowest BCUT2D eigenvalue weighted by atomic mass is 9.89. The van der Waals surface area contributed by atoms with Gasteiger partial charge in [0.05, 0.1) is 13.2 Å². The molecule has 2 atom stereocenters. The van der Waals surface area contributed by atoms with Crippen LogP contribution in [0.1, 0.15) is 44.9 Å². The van der Waals surface area contributed by atoms with Gasteiger partial charge in [0.2, 0.25) is 0 Å². The molecule has 3 fully saturated rings. The summed E-state index contributed by atoms with van der Waals surface area (Å²) in [7, 11) is 0. The van der Waals surface area contributed by atoms with E-state index in [-0.39, 0.29) is 5.79 Å². The normalized spacial score (nSPS) is 36.5. The summed E-state index contributed by atoms with van der Waals surface area (Å²) in [6.07, 6.45) is 11.0. The second kappa shape index (κ2) is 5.70. The summed E-state index contributed by atoms with van der Waals surface area (Å²) in [5.41, 5.74) is 0. The van der Waals surface area contributed by atoms with E-state index in [0.717, 1.165) is 37.3 Å². The van der Waals surface area contributed by atoms with Crippen LogP contribution in [0.25, 0.3) is 0 Å². The maximum atomic E-state index is 5.79. The average Bonchev–Trinajstić information content (AvgIpc) is 3.02. The number of thioether (sulfide) groups is 1. The summed E-state index contributed by atoms with van der Waals surface area (Å²) in [4.78, 5) is 0. The Morgan fingerprint density at radius 3 is 2.44 bits per heavy atom. The molecule has 0 aromatic heterocycles. The molecule has 0 aromatic carbocycles. The smallest absolute Gasteiger partial charge is 0.168 e. The van der Waals surface area contributed by atoms with E-state index in [0.29, 0.717) is 6.04 Å². The topological polar surface area (TPSA) is 30.5 Å². The molecule has 18 heavy (non-hydrogen) atoms. The molecule has 3 rings (SSSR count). The van der Waals surface area contributed by atoms with Gasteiger partial charge in [0.15, 0.2) is 5.79 Å². The standard InChI is InChI=1S/C14H25NO2S/c1-18-13-4-2-3-12(13)15-11-5-7-14(8-6-11)16-9-10-17-14/h11-13,15H,2-10H2,1H3. The Balaban J connectivity index is 1.48. The fraction of sp³-hybridized carbons (Fsp3) is 1.00. The predicted octanol–water partition coefficient (Wildman–Crippen LogP) is 2.55. The Morgan fingerprint density at radius 1 is 1.06 bits per heavy atom. The minimum atomic E-state index is -0.202. The summed E-state index contributed by atoms with van der Waals surface area (Å²) in [6.45, 7) is 1.57. The van der Waals surface area contributed by atoms with Crippen molar-refractivity contribution in [2.45, 2.75) is 68.1 Å². The third-order valence-electron chi connectivity index (χ3n) is 4.77. The van der Waals surface area contributed by atoms with Gasteiger partial charge in [-0.1, -0.05) is 6.42 Å². The highest BCUT2D eigenvalue weighted by Crippen LogP contribution is 2.37. The number of nitrogens with one attached hydrogen (secondary N) is 1. The first-order chi connectivity index (χ1) is 8.81. The third kappa shape index (κ3) is 2.72. The first kappa shape index (κ1) is 13.2.